The molecule has 304 valence electrons. The van der Waals surface area contributed by atoms with Crippen LogP contribution in [0.2, 0.25) is 0 Å². The van der Waals surface area contributed by atoms with E-state index in [1.807, 2.05) is 38.1 Å². The summed E-state index contributed by atoms with van der Waals surface area (Å²) in [7, 11) is 0. The summed E-state index contributed by atoms with van der Waals surface area (Å²) in [6.07, 6.45) is 7.74. The van der Waals surface area contributed by atoms with Gasteiger partial charge in [0.15, 0.2) is 0 Å². The number of esters is 1. The summed E-state index contributed by atoms with van der Waals surface area (Å²) >= 11 is 0. The quantitative estimate of drug-likeness (QED) is 0.0908. The molecule has 2 fully saturated rings. The number of carboxylic acids is 1. The molecular formula is C44H58N2O10. The Bertz CT molecular complexity index is 1850. The minimum absolute atomic E-state index is 0.235. The first-order valence-electron chi connectivity index (χ1n) is 19.8. The van der Waals surface area contributed by atoms with Crippen molar-refractivity contribution in [2.75, 3.05) is 33.0 Å². The molecular weight excluding hydrogens is 716 g/mol. The fourth-order valence-electron chi connectivity index (χ4n) is 6.53. The van der Waals surface area contributed by atoms with Gasteiger partial charge < -0.3 is 37.6 Å². The molecule has 12 nitrogen and oxygen atoms in total. The Morgan fingerprint density at radius 2 is 1.05 bits per heavy atom. The van der Waals surface area contributed by atoms with Gasteiger partial charge in [0.25, 0.3) is 11.6 Å². The van der Waals surface area contributed by atoms with Crippen molar-refractivity contribution in [3.05, 3.63) is 82.6 Å². The number of aryl methyl sites for hydroxylation is 6. The predicted molar refractivity (Wildman–Crippen MR) is 210 cm³/mol. The molecule has 0 unspecified atom stereocenters. The van der Waals surface area contributed by atoms with Crippen LogP contribution in [0.25, 0.3) is 22.9 Å². The van der Waals surface area contributed by atoms with Crippen LogP contribution in [0, 0.1) is 39.5 Å². The molecule has 4 heterocycles. The van der Waals surface area contributed by atoms with E-state index in [9.17, 15) is 9.59 Å². The third-order valence-electron chi connectivity index (χ3n) is 10.3. The summed E-state index contributed by atoms with van der Waals surface area (Å²) in [6.45, 7) is 15.1. The zero-order chi connectivity index (χ0) is 40.3. The van der Waals surface area contributed by atoms with Crippen molar-refractivity contribution in [3.63, 3.8) is 0 Å². The zero-order valence-corrected chi connectivity index (χ0v) is 34.0. The van der Waals surface area contributed by atoms with Gasteiger partial charge in [0.2, 0.25) is 11.8 Å². The number of benzene rings is 2. The van der Waals surface area contributed by atoms with Crippen LogP contribution in [-0.2, 0) is 46.1 Å². The van der Waals surface area contributed by atoms with Crippen LogP contribution in [-0.4, -0.2) is 71.6 Å². The van der Waals surface area contributed by atoms with Crippen LogP contribution in [0.3, 0.4) is 0 Å². The summed E-state index contributed by atoms with van der Waals surface area (Å²) in [4.78, 5) is 32.3. The van der Waals surface area contributed by atoms with Crippen LogP contribution in [0.15, 0.2) is 57.4 Å². The minimum Gasteiger partial charge on any atom is -0.477 e. The average Bonchev–Trinajstić information content (AvgIpc) is 3.75. The van der Waals surface area contributed by atoms with E-state index in [-0.39, 0.29) is 5.92 Å². The molecule has 0 spiro atoms. The molecule has 12 heteroatoms. The van der Waals surface area contributed by atoms with Crippen molar-refractivity contribution in [2.45, 2.75) is 111 Å². The Labute approximate surface area is 330 Å². The first kappa shape index (κ1) is 42.8. The van der Waals surface area contributed by atoms with Crippen molar-refractivity contribution in [1.82, 2.24) is 9.97 Å². The van der Waals surface area contributed by atoms with Crippen molar-refractivity contribution in [2.24, 2.45) is 11.8 Å². The van der Waals surface area contributed by atoms with Gasteiger partial charge >= 0.3 is 11.9 Å². The molecule has 6 rings (SSSR count). The molecule has 2 aliphatic rings. The minimum atomic E-state index is -1.50. The van der Waals surface area contributed by atoms with Gasteiger partial charge in [0, 0.05) is 36.8 Å². The van der Waals surface area contributed by atoms with Crippen LogP contribution in [0.4, 0.5) is 0 Å². The summed E-state index contributed by atoms with van der Waals surface area (Å²) in [5, 5.41) is 9.08. The number of carboxylic acid groups (broad SMARTS) is 1. The molecule has 0 aliphatic carbocycles. The fourth-order valence-corrected chi connectivity index (χ4v) is 6.53. The van der Waals surface area contributed by atoms with Gasteiger partial charge in [-0.05, 0) is 97.4 Å². The number of aliphatic carboxylic acids is 1. The fraction of sp³-hybridized carbons (Fsp3) is 0.545. The van der Waals surface area contributed by atoms with E-state index in [1.165, 1.54) is 18.1 Å². The molecule has 2 aliphatic heterocycles. The molecule has 0 radical (unpaired) electrons. The lowest BCUT2D eigenvalue weighted by atomic mass is 10.0. The average molecular weight is 775 g/mol. The number of hydrogen-bond donors (Lipinski definition) is 1. The highest BCUT2D eigenvalue weighted by Gasteiger charge is 2.42. The maximum absolute atomic E-state index is 11.9. The van der Waals surface area contributed by atoms with Gasteiger partial charge in [-0.15, -0.1) is 0 Å². The number of hydrogen-bond acceptors (Lipinski definition) is 11. The Hall–Kier alpha value is -4.36. The van der Waals surface area contributed by atoms with Gasteiger partial charge in [-0.3, -0.25) is 0 Å². The number of unbranched alkanes of at least 4 members (excludes halogenated alkanes) is 2. The van der Waals surface area contributed by atoms with Gasteiger partial charge in [0.1, 0.15) is 11.5 Å². The first-order chi connectivity index (χ1) is 26.8. The lowest BCUT2D eigenvalue weighted by Gasteiger charge is -2.35. The van der Waals surface area contributed by atoms with E-state index in [0.29, 0.717) is 50.7 Å². The number of carbonyl (C=O) groups excluding carboxylic acids is 1. The molecule has 2 aromatic heterocycles. The standard InChI is InChI=1S/C23H31NO5.C21H27NO5/c1-5-26-22(25)23(4)27-14-18(15-28-23)8-6-7-9-20-17(3)29-21(24-20)19-12-10-16(2)11-13-19;1-14-8-10-17(11-9-14)19-22-18(15(2)27-19)7-5-4-6-16-12-25-21(3,20(23)24)26-13-16/h10-13,18H,5-9,14-15H2,1-4H3;8-11,16H,4-7,12-13H2,1-3H3,(H,23,24). The highest BCUT2D eigenvalue weighted by molar-refractivity contribution is 5.77. The third kappa shape index (κ3) is 11.6. The summed E-state index contributed by atoms with van der Waals surface area (Å²) in [6, 6.07) is 16.4. The summed E-state index contributed by atoms with van der Waals surface area (Å²) in [5.74, 6) is -0.664. The second-order valence-electron chi connectivity index (χ2n) is 15.2. The van der Waals surface area contributed by atoms with Crippen molar-refractivity contribution < 1.29 is 47.2 Å². The third-order valence-corrected chi connectivity index (χ3v) is 10.3. The van der Waals surface area contributed by atoms with Gasteiger partial charge in [-0.1, -0.05) is 48.2 Å². The summed E-state index contributed by atoms with van der Waals surface area (Å²) in [5.41, 5.74) is 6.45. The van der Waals surface area contributed by atoms with Gasteiger partial charge in [-0.25, -0.2) is 19.6 Å². The van der Waals surface area contributed by atoms with Gasteiger partial charge in [0.05, 0.1) is 44.4 Å². The van der Waals surface area contributed by atoms with Crippen LogP contribution >= 0.6 is 0 Å². The second-order valence-corrected chi connectivity index (χ2v) is 15.2. The van der Waals surface area contributed by atoms with Crippen molar-refractivity contribution in [3.8, 4) is 22.9 Å². The maximum atomic E-state index is 11.9. The van der Waals surface area contributed by atoms with E-state index < -0.39 is 23.5 Å². The second kappa shape index (κ2) is 19.7. The van der Waals surface area contributed by atoms with E-state index in [0.717, 1.165) is 85.4 Å². The van der Waals surface area contributed by atoms with E-state index >= 15 is 0 Å². The van der Waals surface area contributed by atoms with Crippen LogP contribution in [0.1, 0.15) is 93.3 Å². The normalized spacial score (nSPS) is 22.3. The maximum Gasteiger partial charge on any atom is 0.366 e. The van der Waals surface area contributed by atoms with Crippen LogP contribution in [0.5, 0.6) is 0 Å². The van der Waals surface area contributed by atoms with Crippen LogP contribution < -0.4 is 0 Å². The monoisotopic (exact) mass is 774 g/mol. The molecule has 2 aromatic carbocycles. The molecule has 0 saturated carbocycles. The number of oxazole rings is 2. The van der Waals surface area contributed by atoms with E-state index in [1.54, 1.807) is 13.8 Å². The van der Waals surface area contributed by atoms with Crippen molar-refractivity contribution >= 4 is 11.9 Å². The number of nitrogens with zero attached hydrogens (tertiary/aromatic N) is 2. The number of aromatic nitrogens is 2. The summed E-state index contributed by atoms with van der Waals surface area (Å²) < 4.78 is 38.8. The smallest absolute Gasteiger partial charge is 0.366 e. The SMILES string of the molecule is CCOC(=O)C1(C)OCC(CCCCc2nc(-c3ccc(C)cc3)oc2C)CO1.Cc1ccc(-c2nc(CCCCC3COC(C)(C(=O)O)OC3)c(C)o2)cc1. The Kier molecular flexibility index (Phi) is 15.0. The molecule has 4 aromatic rings. The molecule has 0 bridgehead atoms. The lowest BCUT2D eigenvalue weighted by Crippen LogP contribution is -2.48. The zero-order valence-electron chi connectivity index (χ0n) is 34.0. The lowest BCUT2D eigenvalue weighted by molar-refractivity contribution is -0.274. The Morgan fingerprint density at radius 3 is 1.43 bits per heavy atom. The highest BCUT2D eigenvalue weighted by atomic mass is 16.7. The molecule has 1 N–H and O–H groups in total. The number of carbonyl (C=O) groups is 2. The molecule has 56 heavy (non-hydrogen) atoms. The highest BCUT2D eigenvalue weighted by Crippen LogP contribution is 2.29. The molecule has 0 amide bonds. The first-order valence-corrected chi connectivity index (χ1v) is 19.8. The topological polar surface area (TPSA) is 153 Å². The number of ether oxygens (including phenoxy) is 5. The van der Waals surface area contributed by atoms with E-state index in [2.05, 4.69) is 48.1 Å². The number of rotatable bonds is 15. The Balaban J connectivity index is 0.000000215. The van der Waals surface area contributed by atoms with E-state index in [4.69, 9.17) is 37.6 Å². The van der Waals surface area contributed by atoms with Crippen molar-refractivity contribution in [1.29, 1.82) is 0 Å². The van der Waals surface area contributed by atoms with Gasteiger partial charge in [-0.2, -0.15) is 0 Å². The molecule has 2 saturated heterocycles. The predicted octanol–water partition coefficient (Wildman–Crippen LogP) is 8.75. The molecule has 0 atom stereocenters. The Morgan fingerprint density at radius 1 is 0.661 bits per heavy atom. The largest absolute Gasteiger partial charge is 0.477 e.